The molecule has 21 heavy (non-hydrogen) atoms. The number of amides is 1. The highest BCUT2D eigenvalue weighted by atomic mass is 16.1. The first-order chi connectivity index (χ1) is 10.1. The Bertz CT molecular complexity index is 608. The zero-order valence-corrected chi connectivity index (χ0v) is 12.6. The fourth-order valence-electron chi connectivity index (χ4n) is 2.42. The summed E-state index contributed by atoms with van der Waals surface area (Å²) in [6.45, 7) is 4.40. The quantitative estimate of drug-likeness (QED) is 0.885. The summed E-state index contributed by atoms with van der Waals surface area (Å²) in [5.74, 6) is -0.0566. The van der Waals surface area contributed by atoms with E-state index in [1.54, 1.807) is 0 Å². The summed E-state index contributed by atoms with van der Waals surface area (Å²) in [5, 5.41) is 3.03. The topological polar surface area (TPSA) is 55.1 Å². The van der Waals surface area contributed by atoms with Crippen LogP contribution in [-0.2, 0) is 6.42 Å². The van der Waals surface area contributed by atoms with Gasteiger partial charge in [0, 0.05) is 18.2 Å². The summed E-state index contributed by atoms with van der Waals surface area (Å²) >= 11 is 0. The lowest BCUT2D eigenvalue weighted by Gasteiger charge is -2.18. The third-order valence-electron chi connectivity index (χ3n) is 3.57. The number of carbonyl (C=O) groups excluding carboxylic acids is 1. The van der Waals surface area contributed by atoms with Crippen molar-refractivity contribution in [2.75, 3.05) is 6.54 Å². The molecule has 1 atom stereocenters. The van der Waals surface area contributed by atoms with Crippen molar-refractivity contribution in [3.63, 3.8) is 0 Å². The maximum atomic E-state index is 12.4. The Morgan fingerprint density at radius 1 is 1.14 bits per heavy atom. The molecule has 0 aromatic heterocycles. The summed E-state index contributed by atoms with van der Waals surface area (Å²) < 4.78 is 0. The van der Waals surface area contributed by atoms with Crippen molar-refractivity contribution < 1.29 is 4.79 Å². The number of aryl methyl sites for hydroxylation is 2. The zero-order valence-electron chi connectivity index (χ0n) is 12.6. The molecule has 2 rings (SSSR count). The fraction of sp³-hybridized carbons (Fsp3) is 0.278. The monoisotopic (exact) mass is 282 g/mol. The van der Waals surface area contributed by atoms with Crippen LogP contribution in [0.4, 0.5) is 0 Å². The minimum Gasteiger partial charge on any atom is -0.348 e. The number of benzene rings is 2. The normalized spacial score (nSPS) is 12.0. The van der Waals surface area contributed by atoms with Crippen LogP contribution in [0.15, 0.2) is 48.5 Å². The van der Waals surface area contributed by atoms with Gasteiger partial charge in [-0.1, -0.05) is 48.0 Å². The molecule has 0 fully saturated rings. The average Bonchev–Trinajstić information content (AvgIpc) is 2.47. The van der Waals surface area contributed by atoms with Crippen LogP contribution in [0, 0.1) is 13.8 Å². The highest BCUT2D eigenvalue weighted by molar-refractivity contribution is 5.95. The van der Waals surface area contributed by atoms with Crippen LogP contribution in [0.2, 0.25) is 0 Å². The molecule has 0 radical (unpaired) electrons. The van der Waals surface area contributed by atoms with Crippen molar-refractivity contribution in [3.8, 4) is 0 Å². The third kappa shape index (κ3) is 4.17. The highest BCUT2D eigenvalue weighted by Crippen LogP contribution is 2.11. The molecular formula is C18H22N2O. The van der Waals surface area contributed by atoms with Gasteiger partial charge in [-0.3, -0.25) is 4.79 Å². The predicted molar refractivity (Wildman–Crippen MR) is 86.4 cm³/mol. The molecule has 0 aliphatic carbocycles. The van der Waals surface area contributed by atoms with Crippen molar-refractivity contribution in [2.45, 2.75) is 26.3 Å². The fourth-order valence-corrected chi connectivity index (χ4v) is 2.42. The predicted octanol–water partition coefficient (Wildman–Crippen LogP) is 2.60. The van der Waals surface area contributed by atoms with E-state index in [0.29, 0.717) is 12.1 Å². The molecule has 0 saturated heterocycles. The molecule has 0 heterocycles. The number of nitrogens with two attached hydrogens (primary N) is 1. The minimum atomic E-state index is -0.0566. The molecule has 3 nitrogen and oxygen atoms in total. The van der Waals surface area contributed by atoms with Gasteiger partial charge >= 0.3 is 0 Å². The number of rotatable bonds is 5. The largest absolute Gasteiger partial charge is 0.348 e. The lowest BCUT2D eigenvalue weighted by molar-refractivity contribution is 0.0937. The van der Waals surface area contributed by atoms with E-state index in [-0.39, 0.29) is 11.9 Å². The van der Waals surface area contributed by atoms with Gasteiger partial charge in [0.1, 0.15) is 0 Å². The second-order valence-electron chi connectivity index (χ2n) is 5.41. The smallest absolute Gasteiger partial charge is 0.251 e. The van der Waals surface area contributed by atoms with Gasteiger partial charge in [0.25, 0.3) is 5.91 Å². The number of hydrogen-bond donors (Lipinski definition) is 2. The van der Waals surface area contributed by atoms with Crippen LogP contribution in [-0.4, -0.2) is 18.5 Å². The molecule has 110 valence electrons. The van der Waals surface area contributed by atoms with E-state index in [0.717, 1.165) is 17.5 Å². The Balaban J connectivity index is 2.06. The van der Waals surface area contributed by atoms with E-state index in [2.05, 4.69) is 5.32 Å². The van der Waals surface area contributed by atoms with E-state index in [1.165, 1.54) is 5.56 Å². The van der Waals surface area contributed by atoms with E-state index in [9.17, 15) is 4.79 Å². The molecule has 3 N–H and O–H groups in total. The molecular weight excluding hydrogens is 260 g/mol. The second kappa shape index (κ2) is 7.04. The maximum absolute atomic E-state index is 12.4. The van der Waals surface area contributed by atoms with Gasteiger partial charge < -0.3 is 11.1 Å². The minimum absolute atomic E-state index is 0.0550. The zero-order chi connectivity index (χ0) is 15.2. The number of carbonyl (C=O) groups is 1. The first-order valence-electron chi connectivity index (χ1n) is 7.22. The van der Waals surface area contributed by atoms with Crippen LogP contribution in [0.3, 0.4) is 0 Å². The standard InChI is InChI=1S/C18H22N2O/c1-13-8-9-17(14(2)10-13)18(21)20-16(12-19)11-15-6-4-3-5-7-15/h3-10,16H,11-12,19H2,1-2H3,(H,20,21). The SMILES string of the molecule is Cc1ccc(C(=O)NC(CN)Cc2ccccc2)c(C)c1. The first-order valence-corrected chi connectivity index (χ1v) is 7.22. The molecule has 0 spiro atoms. The Hall–Kier alpha value is -2.13. The van der Waals surface area contributed by atoms with Gasteiger partial charge in [0.15, 0.2) is 0 Å². The van der Waals surface area contributed by atoms with Crippen LogP contribution < -0.4 is 11.1 Å². The summed E-state index contributed by atoms with van der Waals surface area (Å²) in [6.07, 6.45) is 0.744. The molecule has 2 aromatic carbocycles. The van der Waals surface area contributed by atoms with E-state index < -0.39 is 0 Å². The van der Waals surface area contributed by atoms with Crippen molar-refractivity contribution in [1.29, 1.82) is 0 Å². The van der Waals surface area contributed by atoms with E-state index in [4.69, 9.17) is 5.73 Å². The van der Waals surface area contributed by atoms with Crippen molar-refractivity contribution in [2.24, 2.45) is 5.73 Å². The van der Waals surface area contributed by atoms with Crippen molar-refractivity contribution in [3.05, 3.63) is 70.8 Å². The molecule has 2 aromatic rings. The van der Waals surface area contributed by atoms with Gasteiger partial charge in [0.2, 0.25) is 0 Å². The summed E-state index contributed by atoms with van der Waals surface area (Å²) in [6, 6.07) is 15.9. The molecule has 1 amide bonds. The Morgan fingerprint density at radius 2 is 1.86 bits per heavy atom. The van der Waals surface area contributed by atoms with Gasteiger partial charge in [-0.15, -0.1) is 0 Å². The van der Waals surface area contributed by atoms with Gasteiger partial charge in [-0.25, -0.2) is 0 Å². The van der Waals surface area contributed by atoms with Crippen molar-refractivity contribution in [1.82, 2.24) is 5.32 Å². The molecule has 0 aliphatic heterocycles. The molecule has 1 unspecified atom stereocenters. The maximum Gasteiger partial charge on any atom is 0.251 e. The third-order valence-corrected chi connectivity index (χ3v) is 3.57. The first kappa shape index (κ1) is 15.3. The Kier molecular flexibility index (Phi) is 5.12. The average molecular weight is 282 g/mol. The van der Waals surface area contributed by atoms with Gasteiger partial charge in [-0.2, -0.15) is 0 Å². The van der Waals surface area contributed by atoms with Crippen molar-refractivity contribution >= 4 is 5.91 Å². The Morgan fingerprint density at radius 3 is 2.48 bits per heavy atom. The summed E-state index contributed by atoms with van der Waals surface area (Å²) in [4.78, 5) is 12.4. The van der Waals surface area contributed by atoms with Crippen LogP contribution in [0.25, 0.3) is 0 Å². The molecule has 3 heteroatoms. The number of hydrogen-bond acceptors (Lipinski definition) is 2. The van der Waals surface area contributed by atoms with Gasteiger partial charge in [0.05, 0.1) is 0 Å². The van der Waals surface area contributed by atoms with Crippen LogP contribution in [0.5, 0.6) is 0 Å². The molecule has 0 aliphatic rings. The lowest BCUT2D eigenvalue weighted by Crippen LogP contribution is -2.41. The Labute approximate surface area is 126 Å². The summed E-state index contributed by atoms with van der Waals surface area (Å²) in [7, 11) is 0. The molecule has 0 bridgehead atoms. The highest BCUT2D eigenvalue weighted by Gasteiger charge is 2.14. The summed E-state index contributed by atoms with van der Waals surface area (Å²) in [5.41, 5.74) is 9.83. The van der Waals surface area contributed by atoms with Crippen LogP contribution in [0.1, 0.15) is 27.0 Å². The lowest BCUT2D eigenvalue weighted by atomic mass is 10.0. The van der Waals surface area contributed by atoms with Gasteiger partial charge in [-0.05, 0) is 37.5 Å². The second-order valence-corrected chi connectivity index (χ2v) is 5.41. The number of nitrogens with one attached hydrogen (secondary N) is 1. The van der Waals surface area contributed by atoms with E-state index in [1.807, 2.05) is 62.4 Å². The molecule has 0 saturated carbocycles. The van der Waals surface area contributed by atoms with Crippen LogP contribution >= 0.6 is 0 Å². The van der Waals surface area contributed by atoms with E-state index >= 15 is 0 Å².